The van der Waals surface area contributed by atoms with Crippen molar-refractivity contribution in [3.05, 3.63) is 64.7 Å². The molecule has 0 unspecified atom stereocenters. The van der Waals surface area contributed by atoms with Crippen LogP contribution < -0.4 is 0 Å². The normalized spacial score (nSPS) is 15.6. The van der Waals surface area contributed by atoms with Gasteiger partial charge in [0.2, 0.25) is 10.0 Å². The minimum Gasteiger partial charge on any atom is -0.336 e. The lowest BCUT2D eigenvalue weighted by Crippen LogP contribution is -2.50. The number of hydrogen-bond donors (Lipinski definition) is 0. The average molecular weight is 419 g/mol. The van der Waals surface area contributed by atoms with Gasteiger partial charge in [-0.15, -0.1) is 0 Å². The fourth-order valence-electron chi connectivity index (χ4n) is 3.45. The van der Waals surface area contributed by atoms with E-state index in [0.717, 1.165) is 16.9 Å². The van der Waals surface area contributed by atoms with Crippen LogP contribution in [0.4, 0.5) is 0 Å². The van der Waals surface area contributed by atoms with Crippen molar-refractivity contribution in [3.63, 3.8) is 0 Å². The number of rotatable bonds is 5. The number of sulfonamides is 1. The van der Waals surface area contributed by atoms with E-state index < -0.39 is 10.0 Å². The van der Waals surface area contributed by atoms with Crippen molar-refractivity contribution >= 4 is 27.7 Å². The lowest BCUT2D eigenvalue weighted by atomic mass is 10.1. The lowest BCUT2D eigenvalue weighted by Gasteiger charge is -2.34. The number of hydrogen-bond acceptors (Lipinski definition) is 4. The number of carbonyl (C=O) groups is 1. The molecule has 1 heterocycles. The molecule has 7 heteroatoms. The van der Waals surface area contributed by atoms with Crippen molar-refractivity contribution in [1.82, 2.24) is 9.21 Å². The van der Waals surface area contributed by atoms with Gasteiger partial charge in [0.05, 0.1) is 4.90 Å². The highest BCUT2D eigenvalue weighted by Gasteiger charge is 2.31. The van der Waals surface area contributed by atoms with Gasteiger partial charge in [0.25, 0.3) is 5.91 Å². The number of amides is 1. The predicted octanol–water partition coefficient (Wildman–Crippen LogP) is 3.31. The van der Waals surface area contributed by atoms with Crippen LogP contribution in [-0.4, -0.2) is 56.0 Å². The zero-order valence-corrected chi connectivity index (χ0v) is 18.1. The summed E-state index contributed by atoms with van der Waals surface area (Å²) in [6.45, 7) is 5.19. The monoisotopic (exact) mass is 418 g/mol. The van der Waals surface area contributed by atoms with Crippen molar-refractivity contribution in [2.24, 2.45) is 0 Å². The number of piperazine rings is 1. The molecule has 0 aromatic heterocycles. The van der Waals surface area contributed by atoms with Crippen LogP contribution >= 0.6 is 11.8 Å². The van der Waals surface area contributed by atoms with E-state index in [1.807, 2.05) is 56.5 Å². The van der Waals surface area contributed by atoms with Crippen LogP contribution in [0.3, 0.4) is 0 Å². The third-order valence-corrected chi connectivity index (χ3v) is 7.67. The zero-order valence-electron chi connectivity index (χ0n) is 16.5. The maximum atomic E-state index is 13.0. The molecule has 150 valence electrons. The van der Waals surface area contributed by atoms with Gasteiger partial charge < -0.3 is 4.90 Å². The SMILES string of the molecule is CSCc1ccc(C(=O)N2CCN(S(=O)(=O)c3ccc(C)cc3C)CC2)cc1. The Morgan fingerprint density at radius 1 is 1.00 bits per heavy atom. The van der Waals surface area contributed by atoms with Gasteiger partial charge >= 0.3 is 0 Å². The summed E-state index contributed by atoms with van der Waals surface area (Å²) in [6, 6.07) is 13.0. The summed E-state index contributed by atoms with van der Waals surface area (Å²) >= 11 is 1.74. The van der Waals surface area contributed by atoms with Crippen molar-refractivity contribution in [2.75, 3.05) is 32.4 Å². The van der Waals surface area contributed by atoms with Crippen molar-refractivity contribution < 1.29 is 13.2 Å². The fourth-order valence-corrected chi connectivity index (χ4v) is 5.61. The lowest BCUT2D eigenvalue weighted by molar-refractivity contribution is 0.0698. The second kappa shape index (κ2) is 8.68. The maximum absolute atomic E-state index is 13.0. The molecule has 0 N–H and O–H groups in total. The highest BCUT2D eigenvalue weighted by molar-refractivity contribution is 7.97. The van der Waals surface area contributed by atoms with Gasteiger partial charge in [-0.05, 0) is 49.4 Å². The Morgan fingerprint density at radius 3 is 2.21 bits per heavy atom. The van der Waals surface area contributed by atoms with E-state index in [-0.39, 0.29) is 5.91 Å². The summed E-state index contributed by atoms with van der Waals surface area (Å²) in [5.41, 5.74) is 3.63. The predicted molar refractivity (Wildman–Crippen MR) is 114 cm³/mol. The summed E-state index contributed by atoms with van der Waals surface area (Å²) in [7, 11) is -3.54. The minimum absolute atomic E-state index is 0.0423. The minimum atomic E-state index is -3.54. The van der Waals surface area contributed by atoms with Crippen molar-refractivity contribution in [2.45, 2.75) is 24.5 Å². The third-order valence-electron chi connectivity index (χ3n) is 4.99. The summed E-state index contributed by atoms with van der Waals surface area (Å²) < 4.78 is 27.5. The van der Waals surface area contributed by atoms with Crippen LogP contribution in [0.2, 0.25) is 0 Å². The van der Waals surface area contributed by atoms with Crippen LogP contribution in [-0.2, 0) is 15.8 Å². The molecule has 1 aliphatic heterocycles. The standard InChI is InChI=1S/C21H26N2O3S2/c1-16-4-9-20(17(2)14-16)28(25,26)23-12-10-22(11-13-23)21(24)19-7-5-18(6-8-19)15-27-3/h4-9,14H,10-13,15H2,1-3H3. The van der Waals surface area contributed by atoms with Crippen molar-refractivity contribution in [3.8, 4) is 0 Å². The van der Waals surface area contributed by atoms with Crippen LogP contribution in [0.5, 0.6) is 0 Å². The number of carbonyl (C=O) groups excluding carboxylic acids is 1. The quantitative estimate of drug-likeness (QED) is 0.748. The van der Waals surface area contributed by atoms with E-state index in [0.29, 0.717) is 36.6 Å². The van der Waals surface area contributed by atoms with Crippen LogP contribution in [0.1, 0.15) is 27.0 Å². The van der Waals surface area contributed by atoms with E-state index in [2.05, 4.69) is 0 Å². The largest absolute Gasteiger partial charge is 0.336 e. The van der Waals surface area contributed by atoms with Gasteiger partial charge in [0.1, 0.15) is 0 Å². The average Bonchev–Trinajstić information content (AvgIpc) is 2.68. The first-order valence-corrected chi connectivity index (χ1v) is 12.1. The van der Waals surface area contributed by atoms with Gasteiger partial charge in [-0.25, -0.2) is 8.42 Å². The van der Waals surface area contributed by atoms with E-state index in [1.54, 1.807) is 22.7 Å². The molecule has 1 fully saturated rings. The Morgan fingerprint density at radius 2 is 1.64 bits per heavy atom. The van der Waals surface area contributed by atoms with Crippen molar-refractivity contribution in [1.29, 1.82) is 0 Å². The molecule has 5 nitrogen and oxygen atoms in total. The highest BCUT2D eigenvalue weighted by atomic mass is 32.2. The summed E-state index contributed by atoms with van der Waals surface area (Å²) in [4.78, 5) is 14.8. The maximum Gasteiger partial charge on any atom is 0.253 e. The Kier molecular flexibility index (Phi) is 6.47. The molecule has 0 spiro atoms. The number of thioether (sulfide) groups is 1. The highest BCUT2D eigenvalue weighted by Crippen LogP contribution is 2.22. The fraction of sp³-hybridized carbons (Fsp3) is 0.381. The van der Waals surface area contributed by atoms with E-state index in [4.69, 9.17) is 0 Å². The van der Waals surface area contributed by atoms with E-state index in [1.165, 1.54) is 9.87 Å². The van der Waals surface area contributed by atoms with Gasteiger partial charge in [-0.3, -0.25) is 4.79 Å². The topological polar surface area (TPSA) is 57.7 Å². The van der Waals surface area contributed by atoms with Crippen LogP contribution in [0, 0.1) is 13.8 Å². The van der Waals surface area contributed by atoms with Gasteiger partial charge in [-0.1, -0.05) is 29.8 Å². The Balaban J connectivity index is 1.67. The summed E-state index contributed by atoms with van der Waals surface area (Å²) in [5.74, 6) is 0.878. The van der Waals surface area contributed by atoms with Crippen LogP contribution in [0.15, 0.2) is 47.4 Å². The molecule has 1 saturated heterocycles. The zero-order chi connectivity index (χ0) is 20.3. The molecular formula is C21H26N2O3S2. The van der Waals surface area contributed by atoms with Crippen LogP contribution in [0.25, 0.3) is 0 Å². The first-order chi connectivity index (χ1) is 13.3. The Hall–Kier alpha value is -1.83. The molecule has 2 aromatic rings. The Bertz CT molecular complexity index is 948. The molecule has 1 amide bonds. The van der Waals surface area contributed by atoms with E-state index in [9.17, 15) is 13.2 Å². The third kappa shape index (κ3) is 4.42. The first kappa shape index (κ1) is 20.9. The first-order valence-electron chi connectivity index (χ1n) is 9.27. The van der Waals surface area contributed by atoms with Gasteiger partial charge in [-0.2, -0.15) is 16.1 Å². The number of nitrogens with zero attached hydrogens (tertiary/aromatic N) is 2. The molecule has 2 aromatic carbocycles. The molecular weight excluding hydrogens is 392 g/mol. The Labute approximate surface area is 171 Å². The van der Waals surface area contributed by atoms with E-state index >= 15 is 0 Å². The van der Waals surface area contributed by atoms with Gasteiger partial charge in [0.15, 0.2) is 0 Å². The number of aryl methyl sites for hydroxylation is 2. The summed E-state index contributed by atoms with van der Waals surface area (Å²) in [5, 5.41) is 0. The smallest absolute Gasteiger partial charge is 0.253 e. The molecule has 28 heavy (non-hydrogen) atoms. The molecule has 0 radical (unpaired) electrons. The molecule has 0 saturated carbocycles. The molecule has 0 bridgehead atoms. The molecule has 3 rings (SSSR count). The second-order valence-corrected chi connectivity index (χ2v) is 9.87. The second-order valence-electron chi connectivity index (χ2n) is 7.10. The molecule has 0 aliphatic carbocycles. The summed E-state index contributed by atoms with van der Waals surface area (Å²) in [6.07, 6.45) is 2.05. The molecule has 0 atom stereocenters. The number of benzene rings is 2. The molecule has 1 aliphatic rings. The van der Waals surface area contributed by atoms with Gasteiger partial charge in [0, 0.05) is 37.5 Å².